The lowest BCUT2D eigenvalue weighted by atomic mass is 9.94. The van der Waals surface area contributed by atoms with Gasteiger partial charge in [-0.05, 0) is 98.6 Å². The Morgan fingerprint density at radius 3 is 2.86 bits per heavy atom. The molecule has 2 aromatic carbocycles. The Kier molecular flexibility index (Phi) is 5.72. The predicted molar refractivity (Wildman–Crippen MR) is 141 cm³/mol. The summed E-state index contributed by atoms with van der Waals surface area (Å²) < 4.78 is 6.43. The summed E-state index contributed by atoms with van der Waals surface area (Å²) in [6, 6.07) is 16.7. The van der Waals surface area contributed by atoms with E-state index in [9.17, 15) is 9.90 Å². The van der Waals surface area contributed by atoms with E-state index in [1.165, 1.54) is 22.3 Å². The van der Waals surface area contributed by atoms with Crippen molar-refractivity contribution >= 4 is 11.8 Å². The maximum atomic E-state index is 11.8. The van der Waals surface area contributed by atoms with Crippen molar-refractivity contribution in [3.63, 3.8) is 0 Å². The lowest BCUT2D eigenvalue weighted by molar-refractivity contribution is -0.143. The number of aryl methyl sites for hydroxylation is 1. The van der Waals surface area contributed by atoms with Gasteiger partial charge < -0.3 is 20.1 Å². The van der Waals surface area contributed by atoms with Crippen molar-refractivity contribution < 1.29 is 14.6 Å². The molecule has 2 fully saturated rings. The van der Waals surface area contributed by atoms with Crippen molar-refractivity contribution in [2.75, 3.05) is 31.1 Å². The summed E-state index contributed by atoms with van der Waals surface area (Å²) in [5.41, 5.74) is 7.85. The quantitative estimate of drug-likeness (QED) is 0.536. The molecule has 1 aromatic heterocycles. The van der Waals surface area contributed by atoms with Crippen LogP contribution in [0.2, 0.25) is 0 Å². The minimum absolute atomic E-state index is 0.234. The highest BCUT2D eigenvalue weighted by Gasteiger charge is 2.65. The predicted octanol–water partition coefficient (Wildman–Crippen LogP) is 4.54. The molecule has 2 atom stereocenters. The Morgan fingerprint density at radius 1 is 1.17 bits per heavy atom. The van der Waals surface area contributed by atoms with Gasteiger partial charge in [-0.3, -0.25) is 4.79 Å². The normalized spacial score (nSPS) is 22.5. The van der Waals surface area contributed by atoms with E-state index in [0.29, 0.717) is 13.2 Å². The second-order valence-electron chi connectivity index (χ2n) is 10.6. The fourth-order valence-electron chi connectivity index (χ4n) is 6.03. The molecule has 3 aromatic rings. The van der Waals surface area contributed by atoms with Gasteiger partial charge in [-0.15, -0.1) is 0 Å². The second kappa shape index (κ2) is 8.93. The number of pyridine rings is 1. The lowest BCUT2D eigenvalue weighted by Crippen LogP contribution is -2.29. The maximum Gasteiger partial charge on any atom is 0.311 e. The molecule has 1 aliphatic carbocycles. The highest BCUT2D eigenvalue weighted by molar-refractivity contribution is 5.81. The van der Waals surface area contributed by atoms with Gasteiger partial charge in [0.05, 0.1) is 11.1 Å². The van der Waals surface area contributed by atoms with Gasteiger partial charge in [-0.2, -0.15) is 0 Å². The molecular formula is C30H33N3O3. The number of benzene rings is 2. The van der Waals surface area contributed by atoms with Crippen LogP contribution >= 0.6 is 0 Å². The number of carbonyl (C=O) groups is 1. The topological polar surface area (TPSA) is 74.7 Å². The smallest absolute Gasteiger partial charge is 0.311 e. The van der Waals surface area contributed by atoms with E-state index < -0.39 is 11.4 Å². The molecule has 186 valence electrons. The van der Waals surface area contributed by atoms with E-state index in [-0.39, 0.29) is 5.92 Å². The van der Waals surface area contributed by atoms with Gasteiger partial charge in [0.1, 0.15) is 18.2 Å². The van der Waals surface area contributed by atoms with Crippen LogP contribution < -0.4 is 15.0 Å². The van der Waals surface area contributed by atoms with Crippen LogP contribution in [0, 0.1) is 25.2 Å². The molecule has 3 heterocycles. The molecule has 1 saturated heterocycles. The summed E-state index contributed by atoms with van der Waals surface area (Å²) in [4.78, 5) is 18.8. The average molecular weight is 484 g/mol. The number of aromatic nitrogens is 1. The molecule has 36 heavy (non-hydrogen) atoms. The monoisotopic (exact) mass is 483 g/mol. The molecule has 1 saturated carbocycles. The number of hydrogen-bond acceptors (Lipinski definition) is 5. The summed E-state index contributed by atoms with van der Waals surface area (Å²) in [7, 11) is 0. The van der Waals surface area contributed by atoms with Crippen molar-refractivity contribution in [1.29, 1.82) is 0 Å². The molecule has 0 radical (unpaired) electrons. The summed E-state index contributed by atoms with van der Waals surface area (Å²) >= 11 is 0. The summed E-state index contributed by atoms with van der Waals surface area (Å²) in [6.07, 6.45) is 2.92. The zero-order chi connectivity index (χ0) is 24.9. The zero-order valence-corrected chi connectivity index (χ0v) is 21.0. The van der Waals surface area contributed by atoms with Gasteiger partial charge in [-0.25, -0.2) is 4.98 Å². The zero-order valence-electron chi connectivity index (χ0n) is 21.0. The van der Waals surface area contributed by atoms with Crippen LogP contribution in [-0.4, -0.2) is 42.2 Å². The number of hydrogen-bond donors (Lipinski definition) is 2. The van der Waals surface area contributed by atoms with Crippen LogP contribution in [0.3, 0.4) is 0 Å². The molecule has 2 aliphatic heterocycles. The van der Waals surface area contributed by atoms with E-state index in [1.807, 2.05) is 24.3 Å². The Balaban J connectivity index is 1.25. The third-order valence-electron chi connectivity index (χ3n) is 8.35. The van der Waals surface area contributed by atoms with Crippen LogP contribution in [0.25, 0.3) is 11.3 Å². The highest BCUT2D eigenvalue weighted by Crippen LogP contribution is 2.58. The molecule has 0 spiro atoms. The van der Waals surface area contributed by atoms with Gasteiger partial charge in [-0.1, -0.05) is 29.8 Å². The number of rotatable bonds is 6. The Hall–Kier alpha value is -3.38. The standard InChI is InChI=1S/C30H33N3O3/c1-19-6-9-27(36-17-22-8-7-21-10-12-31-13-11-24(21)20(22)2)25(14-19)26-4-3-5-28(32-26)33-16-23-15-30(23,18-33)29(34)35/h3-9,14,23,31H,10-13,15-18H2,1-2H3,(H,34,35)/t23-,30-/m0/s1. The van der Waals surface area contributed by atoms with E-state index in [0.717, 1.165) is 67.3 Å². The average Bonchev–Trinajstić information content (AvgIpc) is 3.54. The van der Waals surface area contributed by atoms with Crippen molar-refractivity contribution in [3.8, 4) is 17.0 Å². The lowest BCUT2D eigenvalue weighted by Gasteiger charge is -2.21. The molecule has 0 unspecified atom stereocenters. The first-order chi connectivity index (χ1) is 17.4. The number of piperidine rings is 1. The Labute approximate surface area is 212 Å². The third-order valence-corrected chi connectivity index (χ3v) is 8.35. The minimum Gasteiger partial charge on any atom is -0.488 e. The molecule has 0 amide bonds. The second-order valence-corrected chi connectivity index (χ2v) is 10.6. The van der Waals surface area contributed by atoms with Gasteiger partial charge in [0, 0.05) is 18.7 Å². The first-order valence-corrected chi connectivity index (χ1v) is 12.9. The third kappa shape index (κ3) is 4.03. The fourth-order valence-corrected chi connectivity index (χ4v) is 6.03. The number of carboxylic acid groups (broad SMARTS) is 1. The van der Waals surface area contributed by atoms with Crippen LogP contribution in [0.5, 0.6) is 5.75 Å². The molecule has 0 bridgehead atoms. The Bertz CT molecular complexity index is 1340. The number of ether oxygens (including phenoxy) is 1. The van der Waals surface area contributed by atoms with Crippen LogP contribution in [0.1, 0.15) is 34.2 Å². The summed E-state index contributed by atoms with van der Waals surface area (Å²) in [5, 5.41) is 13.2. The molecule has 6 rings (SSSR count). The van der Waals surface area contributed by atoms with Gasteiger partial charge in [0.15, 0.2) is 0 Å². The molecular weight excluding hydrogens is 450 g/mol. The number of nitrogens with zero attached hydrogens (tertiary/aromatic N) is 2. The summed E-state index contributed by atoms with van der Waals surface area (Å²) in [5.74, 6) is 1.21. The number of aliphatic carboxylic acids is 1. The molecule has 6 heteroatoms. The van der Waals surface area contributed by atoms with Gasteiger partial charge in [0.25, 0.3) is 0 Å². The van der Waals surface area contributed by atoms with E-state index in [4.69, 9.17) is 9.72 Å². The van der Waals surface area contributed by atoms with Crippen molar-refractivity contribution in [2.45, 2.75) is 39.7 Å². The van der Waals surface area contributed by atoms with Crippen LogP contribution in [0.4, 0.5) is 5.82 Å². The van der Waals surface area contributed by atoms with Crippen molar-refractivity contribution in [2.24, 2.45) is 11.3 Å². The SMILES string of the molecule is Cc1ccc(OCc2ccc3c(c2C)CCNCC3)c(-c2cccc(N3C[C@@H]4C[C@]4(C(=O)O)C3)n2)c1. The van der Waals surface area contributed by atoms with E-state index in [2.05, 4.69) is 48.3 Å². The first-order valence-electron chi connectivity index (χ1n) is 12.9. The first kappa shape index (κ1) is 23.0. The molecule has 3 aliphatic rings. The largest absolute Gasteiger partial charge is 0.488 e. The highest BCUT2D eigenvalue weighted by atomic mass is 16.5. The van der Waals surface area contributed by atoms with Gasteiger partial charge in [0.2, 0.25) is 0 Å². The number of anilines is 1. The van der Waals surface area contributed by atoms with Crippen molar-refractivity contribution in [3.05, 3.63) is 76.3 Å². The van der Waals surface area contributed by atoms with E-state index >= 15 is 0 Å². The van der Waals surface area contributed by atoms with Crippen LogP contribution in [0.15, 0.2) is 48.5 Å². The Morgan fingerprint density at radius 2 is 2.03 bits per heavy atom. The van der Waals surface area contributed by atoms with Gasteiger partial charge >= 0.3 is 5.97 Å². The summed E-state index contributed by atoms with van der Waals surface area (Å²) in [6.45, 7) is 8.16. The number of carboxylic acids is 1. The van der Waals surface area contributed by atoms with Crippen LogP contribution in [-0.2, 0) is 24.2 Å². The maximum absolute atomic E-state index is 11.8. The number of nitrogens with one attached hydrogen (secondary N) is 1. The van der Waals surface area contributed by atoms with E-state index in [1.54, 1.807) is 0 Å². The number of fused-ring (bicyclic) bond motifs is 2. The van der Waals surface area contributed by atoms with Crippen molar-refractivity contribution in [1.82, 2.24) is 10.3 Å². The minimum atomic E-state index is -0.676. The fraction of sp³-hybridized carbons (Fsp3) is 0.400. The molecule has 6 nitrogen and oxygen atoms in total. The molecule has 2 N–H and O–H groups in total.